The van der Waals surface area contributed by atoms with Gasteiger partial charge in [0.1, 0.15) is 12.2 Å². The van der Waals surface area contributed by atoms with Gasteiger partial charge in [-0.3, -0.25) is 0 Å². The zero-order valence-electron chi connectivity index (χ0n) is 11.5. The summed E-state index contributed by atoms with van der Waals surface area (Å²) in [5, 5.41) is 11.2. The second kappa shape index (κ2) is 5.79. The van der Waals surface area contributed by atoms with Crippen molar-refractivity contribution >= 4 is 10.0 Å². The average molecular weight is 299 g/mol. The van der Waals surface area contributed by atoms with E-state index in [1.165, 1.54) is 17.1 Å². The second-order valence-corrected chi connectivity index (χ2v) is 7.61. The molecule has 112 valence electrons. The minimum atomic E-state index is -3.16. The molecule has 1 fully saturated rings. The third kappa shape index (κ3) is 3.36. The van der Waals surface area contributed by atoms with Crippen molar-refractivity contribution in [1.29, 1.82) is 0 Å². The maximum absolute atomic E-state index is 12.3. The summed E-state index contributed by atoms with van der Waals surface area (Å²) < 4.78 is 28.0. The molecule has 1 N–H and O–H groups in total. The topological polar surface area (TPSA) is 80.1 Å². The summed E-state index contributed by atoms with van der Waals surface area (Å²) in [5.74, 6) is 0.961. The van der Waals surface area contributed by atoms with E-state index in [9.17, 15) is 8.42 Å². The zero-order valence-corrected chi connectivity index (χ0v) is 12.3. The number of fused-ring (bicyclic) bond motifs is 1. The largest absolute Gasteiger partial charge is 0.315 e. The Morgan fingerprint density at radius 1 is 1.30 bits per heavy atom. The van der Waals surface area contributed by atoms with Crippen LogP contribution in [0.4, 0.5) is 0 Å². The molecule has 0 bridgehead atoms. The van der Waals surface area contributed by atoms with Gasteiger partial charge < -0.3 is 9.88 Å². The molecule has 8 heteroatoms. The molecule has 20 heavy (non-hydrogen) atoms. The predicted octanol–water partition coefficient (Wildman–Crippen LogP) is -0.0443. The van der Waals surface area contributed by atoms with Crippen molar-refractivity contribution in [1.82, 2.24) is 24.4 Å². The first-order valence-corrected chi connectivity index (χ1v) is 8.84. The van der Waals surface area contributed by atoms with E-state index in [2.05, 4.69) is 15.5 Å². The van der Waals surface area contributed by atoms with E-state index in [4.69, 9.17) is 0 Å². The summed E-state index contributed by atoms with van der Waals surface area (Å²) in [4.78, 5) is 0. The molecule has 0 spiro atoms. The smallest absolute Gasteiger partial charge is 0.214 e. The Bertz CT molecular complexity index is 552. The molecule has 2 heterocycles. The Hall–Kier alpha value is -0.990. The standard InChI is InChI=1S/C12H21N5O2S/c18-20(19,8-2-1-5-13-11-3-4-11)17-7-6-16-10-14-15-12(16)9-17/h10-11,13H,1-9H2. The van der Waals surface area contributed by atoms with Crippen molar-refractivity contribution in [3.63, 3.8) is 0 Å². The lowest BCUT2D eigenvalue weighted by Gasteiger charge is -2.26. The normalized spacial score (nSPS) is 20.0. The first kappa shape index (κ1) is 14.0. The number of aromatic nitrogens is 3. The van der Waals surface area contributed by atoms with Crippen LogP contribution in [0, 0.1) is 0 Å². The van der Waals surface area contributed by atoms with Gasteiger partial charge >= 0.3 is 0 Å². The van der Waals surface area contributed by atoms with Gasteiger partial charge in [0.2, 0.25) is 10.0 Å². The Kier molecular flexibility index (Phi) is 4.04. The molecular weight excluding hydrogens is 278 g/mol. The number of unbranched alkanes of at least 4 members (excludes halogenated alkanes) is 1. The lowest BCUT2D eigenvalue weighted by atomic mass is 10.3. The predicted molar refractivity (Wildman–Crippen MR) is 74.5 cm³/mol. The monoisotopic (exact) mass is 299 g/mol. The lowest BCUT2D eigenvalue weighted by Crippen LogP contribution is -2.39. The molecule has 1 aromatic rings. The summed E-state index contributed by atoms with van der Waals surface area (Å²) in [6, 6.07) is 0.695. The van der Waals surface area contributed by atoms with Crippen LogP contribution in [-0.2, 0) is 23.1 Å². The van der Waals surface area contributed by atoms with Crippen molar-refractivity contribution in [3.8, 4) is 0 Å². The molecule has 7 nitrogen and oxygen atoms in total. The molecule has 0 aromatic carbocycles. The minimum absolute atomic E-state index is 0.230. The maximum Gasteiger partial charge on any atom is 0.214 e. The quantitative estimate of drug-likeness (QED) is 0.714. The third-order valence-corrected chi connectivity index (χ3v) is 5.74. The molecule has 0 amide bonds. The number of hydrogen-bond acceptors (Lipinski definition) is 5. The Morgan fingerprint density at radius 3 is 2.95 bits per heavy atom. The van der Waals surface area contributed by atoms with Gasteiger partial charge in [-0.1, -0.05) is 0 Å². The van der Waals surface area contributed by atoms with Crippen LogP contribution in [0.3, 0.4) is 0 Å². The van der Waals surface area contributed by atoms with Crippen molar-refractivity contribution in [2.45, 2.75) is 44.8 Å². The highest BCUT2D eigenvalue weighted by Crippen LogP contribution is 2.18. The third-order valence-electron chi connectivity index (χ3n) is 3.84. The first-order valence-electron chi connectivity index (χ1n) is 7.23. The van der Waals surface area contributed by atoms with Crippen molar-refractivity contribution < 1.29 is 8.42 Å². The lowest BCUT2D eigenvalue weighted by molar-refractivity contribution is 0.335. The molecule has 1 aromatic heterocycles. The second-order valence-electron chi connectivity index (χ2n) is 5.53. The first-order chi connectivity index (χ1) is 9.65. The van der Waals surface area contributed by atoms with Gasteiger partial charge in [0.15, 0.2) is 0 Å². The van der Waals surface area contributed by atoms with Crippen LogP contribution in [0.25, 0.3) is 0 Å². The number of rotatable bonds is 7. The SMILES string of the molecule is O=S(=O)(CCCCNC1CC1)N1CCn2cnnc2C1. The van der Waals surface area contributed by atoms with Gasteiger partial charge in [-0.2, -0.15) is 4.31 Å². The molecule has 2 aliphatic rings. The van der Waals surface area contributed by atoms with Crippen LogP contribution >= 0.6 is 0 Å². The van der Waals surface area contributed by atoms with E-state index in [1.54, 1.807) is 6.33 Å². The van der Waals surface area contributed by atoms with E-state index >= 15 is 0 Å². The summed E-state index contributed by atoms with van der Waals surface area (Å²) in [6.07, 6.45) is 5.83. The Morgan fingerprint density at radius 2 is 2.15 bits per heavy atom. The number of nitrogens with zero attached hydrogens (tertiary/aromatic N) is 4. The molecule has 1 aliphatic carbocycles. The minimum Gasteiger partial charge on any atom is -0.315 e. The molecule has 3 rings (SSSR count). The summed E-state index contributed by atoms with van der Waals surface area (Å²) in [6.45, 7) is 2.44. The zero-order chi connectivity index (χ0) is 14.0. The van der Waals surface area contributed by atoms with Gasteiger partial charge in [-0.25, -0.2) is 8.42 Å². The fourth-order valence-corrected chi connectivity index (χ4v) is 3.91. The highest BCUT2D eigenvalue weighted by Gasteiger charge is 2.27. The van der Waals surface area contributed by atoms with Crippen LogP contribution in [0.5, 0.6) is 0 Å². The highest BCUT2D eigenvalue weighted by molar-refractivity contribution is 7.89. The van der Waals surface area contributed by atoms with Gasteiger partial charge in [-0.05, 0) is 32.2 Å². The van der Waals surface area contributed by atoms with Crippen molar-refractivity contribution in [2.75, 3.05) is 18.8 Å². The summed E-state index contributed by atoms with van der Waals surface area (Å²) in [7, 11) is -3.16. The number of hydrogen-bond donors (Lipinski definition) is 1. The Balaban J connectivity index is 1.45. The van der Waals surface area contributed by atoms with Gasteiger partial charge in [0.25, 0.3) is 0 Å². The fraction of sp³-hybridized carbons (Fsp3) is 0.833. The molecule has 0 atom stereocenters. The van der Waals surface area contributed by atoms with Gasteiger partial charge in [0, 0.05) is 19.1 Å². The molecule has 1 aliphatic heterocycles. The highest BCUT2D eigenvalue weighted by atomic mass is 32.2. The molecule has 0 unspecified atom stereocenters. The number of nitrogens with one attached hydrogen (secondary N) is 1. The Labute approximate surface area is 119 Å². The molecular formula is C12H21N5O2S. The van der Waals surface area contributed by atoms with Crippen LogP contribution in [0.2, 0.25) is 0 Å². The number of sulfonamides is 1. The average Bonchev–Trinajstić information content (AvgIpc) is 3.13. The summed E-state index contributed by atoms with van der Waals surface area (Å²) in [5.41, 5.74) is 0. The fourth-order valence-electron chi connectivity index (χ4n) is 2.41. The van der Waals surface area contributed by atoms with Crippen LogP contribution in [0.15, 0.2) is 6.33 Å². The van der Waals surface area contributed by atoms with Crippen molar-refractivity contribution in [3.05, 3.63) is 12.2 Å². The molecule has 0 radical (unpaired) electrons. The van der Waals surface area contributed by atoms with Crippen LogP contribution in [-0.4, -0.2) is 52.4 Å². The van der Waals surface area contributed by atoms with E-state index in [1.807, 2.05) is 4.57 Å². The van der Waals surface area contributed by atoms with Crippen LogP contribution in [0.1, 0.15) is 31.5 Å². The molecule has 1 saturated carbocycles. The molecule has 0 saturated heterocycles. The maximum atomic E-state index is 12.3. The van der Waals surface area contributed by atoms with E-state index in [0.29, 0.717) is 32.1 Å². The van der Waals surface area contributed by atoms with Crippen molar-refractivity contribution in [2.24, 2.45) is 0 Å². The van der Waals surface area contributed by atoms with E-state index in [-0.39, 0.29) is 5.75 Å². The van der Waals surface area contributed by atoms with E-state index < -0.39 is 10.0 Å². The van der Waals surface area contributed by atoms with E-state index in [0.717, 1.165) is 18.8 Å². The van der Waals surface area contributed by atoms with Gasteiger partial charge in [-0.15, -0.1) is 10.2 Å². The summed E-state index contributed by atoms with van der Waals surface area (Å²) >= 11 is 0. The van der Waals surface area contributed by atoms with Gasteiger partial charge in [0.05, 0.1) is 12.3 Å². The van der Waals surface area contributed by atoms with Crippen LogP contribution < -0.4 is 5.32 Å².